The summed E-state index contributed by atoms with van der Waals surface area (Å²) in [5.74, 6) is -3.40. The smallest absolute Gasteiger partial charge is 0.403 e. The van der Waals surface area contributed by atoms with Gasteiger partial charge in [-0.15, -0.1) is 0 Å². The van der Waals surface area contributed by atoms with Gasteiger partial charge in [0.25, 0.3) is 11.5 Å². The molecule has 44 heavy (non-hydrogen) atoms. The molecule has 0 fully saturated rings. The maximum atomic E-state index is 14.7. The third kappa shape index (κ3) is 9.58. The maximum Gasteiger partial charge on any atom is 0.417 e. The minimum absolute atomic E-state index is 0.0892. The van der Waals surface area contributed by atoms with Crippen molar-refractivity contribution < 1.29 is 35.9 Å². The van der Waals surface area contributed by atoms with Gasteiger partial charge in [-0.3, -0.25) is 19.4 Å². The third-order valence-corrected chi connectivity index (χ3v) is 6.14. The van der Waals surface area contributed by atoms with Crippen molar-refractivity contribution in [3.05, 3.63) is 106 Å². The first-order valence-corrected chi connectivity index (χ1v) is 13.0. The Morgan fingerprint density at radius 1 is 1.16 bits per heavy atom. The highest BCUT2D eigenvalue weighted by Gasteiger charge is 2.31. The van der Waals surface area contributed by atoms with Crippen molar-refractivity contribution in [1.29, 1.82) is 0 Å². The van der Waals surface area contributed by atoms with E-state index >= 15 is 0 Å². The number of nitrogens with one attached hydrogen (secondary N) is 3. The number of benzene rings is 1. The molecule has 10 nitrogen and oxygen atoms in total. The number of hydrogen-bond donors (Lipinski definition) is 4. The van der Waals surface area contributed by atoms with Gasteiger partial charge in [0.05, 0.1) is 17.7 Å². The molecule has 1 atom stereocenters. The van der Waals surface area contributed by atoms with E-state index < -0.39 is 52.6 Å². The molecule has 1 unspecified atom stereocenters. The fraction of sp³-hybridized carbons (Fsp3) is 0.286. The maximum absolute atomic E-state index is 14.7. The Bertz CT molecular complexity index is 1560. The van der Waals surface area contributed by atoms with Crippen LogP contribution in [0.2, 0.25) is 0 Å². The zero-order chi connectivity index (χ0) is 32.4. The van der Waals surface area contributed by atoms with Gasteiger partial charge in [0.2, 0.25) is 11.7 Å². The van der Waals surface area contributed by atoms with Crippen LogP contribution in [0.25, 0.3) is 0 Å². The lowest BCUT2D eigenvalue weighted by molar-refractivity contribution is -0.137. The van der Waals surface area contributed by atoms with Crippen LogP contribution in [0.4, 0.5) is 32.0 Å². The number of hydrogen-bond acceptors (Lipinski definition) is 7. The molecular weight excluding hydrogens is 596 g/mol. The van der Waals surface area contributed by atoms with Crippen LogP contribution in [0.1, 0.15) is 23.1 Å². The number of carbonyl (C=O) groups is 2. The highest BCUT2D eigenvalue weighted by molar-refractivity contribution is 5.92. The number of nitrogens with two attached hydrogens (primary N) is 1. The topological polar surface area (TPSA) is 134 Å². The zero-order valence-corrected chi connectivity index (χ0v) is 23.3. The highest BCUT2D eigenvalue weighted by Crippen LogP contribution is 2.28. The fourth-order valence-electron chi connectivity index (χ4n) is 3.93. The number of halogens is 6. The number of alkyl halides is 4. The van der Waals surface area contributed by atoms with Gasteiger partial charge in [-0.25, -0.2) is 13.8 Å². The monoisotopic (exact) mass is 625 g/mol. The molecule has 0 saturated heterocycles. The first-order valence-electron chi connectivity index (χ1n) is 13.0. The molecule has 5 N–H and O–H groups in total. The molecule has 2 heterocycles. The largest absolute Gasteiger partial charge is 0.417 e. The van der Waals surface area contributed by atoms with Crippen LogP contribution < -0.4 is 27.4 Å². The lowest BCUT2D eigenvalue weighted by Gasteiger charge is -2.22. The summed E-state index contributed by atoms with van der Waals surface area (Å²) < 4.78 is 82.6. The number of hydrazine groups is 1. The summed E-state index contributed by atoms with van der Waals surface area (Å²) in [6, 6.07) is 7.52. The van der Waals surface area contributed by atoms with Crippen LogP contribution in [0, 0.1) is 11.6 Å². The van der Waals surface area contributed by atoms with Gasteiger partial charge in [-0.05, 0) is 35.7 Å². The average Bonchev–Trinajstić information content (AvgIpc) is 2.97. The number of carbonyl (C=O) groups excluding carboxylic acids is 2. The van der Waals surface area contributed by atoms with Gasteiger partial charge in [0, 0.05) is 51.5 Å². The molecule has 16 heteroatoms. The lowest BCUT2D eigenvalue weighted by Crippen LogP contribution is -2.43. The Kier molecular flexibility index (Phi) is 11.5. The zero-order valence-electron chi connectivity index (χ0n) is 23.3. The lowest BCUT2D eigenvalue weighted by atomic mass is 10.1. The molecule has 3 rings (SSSR count). The van der Waals surface area contributed by atoms with Crippen molar-refractivity contribution in [2.24, 2.45) is 5.73 Å². The highest BCUT2D eigenvalue weighted by atomic mass is 19.4. The van der Waals surface area contributed by atoms with Gasteiger partial charge in [0.1, 0.15) is 17.7 Å². The second kappa shape index (κ2) is 15.0. The first kappa shape index (κ1) is 33.6. The summed E-state index contributed by atoms with van der Waals surface area (Å²) in [5.41, 5.74) is 5.52. The van der Waals surface area contributed by atoms with Crippen LogP contribution in [-0.2, 0) is 35.3 Å². The van der Waals surface area contributed by atoms with Gasteiger partial charge in [0.15, 0.2) is 0 Å². The Hall–Kier alpha value is -4.86. The number of amides is 2. The van der Waals surface area contributed by atoms with Crippen LogP contribution in [-0.4, -0.2) is 46.1 Å². The van der Waals surface area contributed by atoms with Crippen molar-refractivity contribution in [2.75, 3.05) is 18.9 Å². The van der Waals surface area contributed by atoms with Crippen molar-refractivity contribution in [3.63, 3.8) is 0 Å². The molecule has 0 radical (unpaired) electrons. The van der Waals surface area contributed by atoms with Gasteiger partial charge < -0.3 is 26.4 Å². The molecule has 0 aliphatic rings. The van der Waals surface area contributed by atoms with E-state index in [-0.39, 0.29) is 49.3 Å². The van der Waals surface area contributed by atoms with Crippen LogP contribution in [0.5, 0.6) is 0 Å². The molecule has 0 saturated carbocycles. The van der Waals surface area contributed by atoms with E-state index in [1.54, 1.807) is 0 Å². The standard InChI is InChI=1S/C28H29F6N7O3/c1-40(39-23(12-35)26(43)37-14-17-10-19(15-36-13-17)28(32,33)34)16-20(29)6-8-41-9-7-22(25(31)27(41)44)38-24(42)11-18-4-2-3-5-21(18)30/h2-5,7,9-10,12-13,15,20,39H,6,8,11,14,16,35H2,1H3,(H,37,43)(H,38,42)/b23-12-. The molecule has 0 aliphatic carbocycles. The van der Waals surface area contributed by atoms with Crippen molar-refractivity contribution in [1.82, 2.24) is 25.3 Å². The summed E-state index contributed by atoms with van der Waals surface area (Å²) in [7, 11) is 1.39. The van der Waals surface area contributed by atoms with Gasteiger partial charge >= 0.3 is 6.18 Å². The minimum atomic E-state index is -4.60. The Morgan fingerprint density at radius 2 is 1.89 bits per heavy atom. The predicted molar refractivity (Wildman–Crippen MR) is 148 cm³/mol. The molecule has 2 aromatic heterocycles. The van der Waals surface area contributed by atoms with Gasteiger partial charge in [-0.2, -0.15) is 17.6 Å². The van der Waals surface area contributed by atoms with E-state index in [9.17, 15) is 40.7 Å². The Labute approximate surface area is 247 Å². The molecule has 3 aromatic rings. The number of nitrogens with zero attached hydrogens (tertiary/aromatic N) is 3. The number of pyridine rings is 2. The summed E-state index contributed by atoms with van der Waals surface area (Å²) in [6.45, 7) is -0.813. The molecule has 0 spiro atoms. The summed E-state index contributed by atoms with van der Waals surface area (Å²) in [4.78, 5) is 40.6. The van der Waals surface area contributed by atoms with E-state index in [4.69, 9.17) is 5.73 Å². The molecule has 0 bridgehead atoms. The van der Waals surface area contributed by atoms with Crippen molar-refractivity contribution in [3.8, 4) is 0 Å². The summed E-state index contributed by atoms with van der Waals surface area (Å²) >= 11 is 0. The number of rotatable bonds is 13. The van der Waals surface area contributed by atoms with Gasteiger partial charge in [-0.1, -0.05) is 18.2 Å². The fourth-order valence-corrected chi connectivity index (χ4v) is 3.93. The van der Waals surface area contributed by atoms with E-state index in [0.717, 1.165) is 29.1 Å². The molecule has 0 aliphatic heterocycles. The van der Waals surface area contributed by atoms with Crippen LogP contribution >= 0.6 is 0 Å². The van der Waals surface area contributed by atoms with E-state index in [1.165, 1.54) is 42.5 Å². The van der Waals surface area contributed by atoms with E-state index in [2.05, 4.69) is 21.0 Å². The van der Waals surface area contributed by atoms with E-state index in [1.807, 2.05) is 0 Å². The molecular formula is C28H29F6N7O3. The molecule has 236 valence electrons. The van der Waals surface area contributed by atoms with Crippen LogP contribution in [0.15, 0.2) is 71.7 Å². The Balaban J connectivity index is 1.48. The van der Waals surface area contributed by atoms with E-state index in [0.29, 0.717) is 6.20 Å². The number of aryl methyl sites for hydroxylation is 1. The molecule has 2 amide bonds. The average molecular weight is 626 g/mol. The van der Waals surface area contributed by atoms with Crippen molar-refractivity contribution in [2.45, 2.75) is 38.3 Å². The second-order valence-corrected chi connectivity index (χ2v) is 9.58. The normalized spacial score (nSPS) is 12.6. The number of aromatic nitrogens is 2. The molecule has 1 aromatic carbocycles. The first-order chi connectivity index (χ1) is 20.8. The quantitative estimate of drug-likeness (QED) is 0.130. The minimum Gasteiger partial charge on any atom is -0.403 e. The predicted octanol–water partition coefficient (Wildman–Crippen LogP) is 3.00. The summed E-state index contributed by atoms with van der Waals surface area (Å²) in [6.07, 6.45) is -2.90. The second-order valence-electron chi connectivity index (χ2n) is 9.58. The number of anilines is 1. The van der Waals surface area contributed by atoms with Crippen LogP contribution in [0.3, 0.4) is 0 Å². The SMILES string of the molecule is CN(CC(F)CCn1ccc(NC(=O)Cc2ccccc2F)c(F)c1=O)N/C(=C\N)C(=O)NCc1cncc(C(F)(F)F)c1. The third-order valence-electron chi connectivity index (χ3n) is 6.14. The van der Waals surface area contributed by atoms with Crippen molar-refractivity contribution >= 4 is 17.5 Å². The Morgan fingerprint density at radius 3 is 2.57 bits per heavy atom. The summed E-state index contributed by atoms with van der Waals surface area (Å²) in [5, 5.41) is 5.79.